The zero-order valence-electron chi connectivity index (χ0n) is 15.1. The molecule has 6 nitrogen and oxygen atoms in total. The monoisotopic (exact) mass is 386 g/mol. The molecule has 0 saturated heterocycles. The molecule has 1 N–H and O–H groups in total. The van der Waals surface area contributed by atoms with E-state index < -0.39 is 4.92 Å². The van der Waals surface area contributed by atoms with Crippen molar-refractivity contribution in [3.8, 4) is 0 Å². The van der Waals surface area contributed by atoms with Crippen LogP contribution in [0.25, 0.3) is 6.08 Å². The second-order valence-corrected chi connectivity index (χ2v) is 6.33. The number of amidine groups is 1. The van der Waals surface area contributed by atoms with Crippen LogP contribution in [-0.4, -0.2) is 16.5 Å². The van der Waals surface area contributed by atoms with Crippen LogP contribution in [0.1, 0.15) is 11.1 Å². The van der Waals surface area contributed by atoms with Crippen LogP contribution in [0.3, 0.4) is 0 Å². The summed E-state index contributed by atoms with van der Waals surface area (Å²) < 4.78 is 13.4. The summed E-state index contributed by atoms with van der Waals surface area (Å²) >= 11 is 0. The highest BCUT2D eigenvalue weighted by atomic mass is 19.1. The Kier molecular flexibility index (Phi) is 4.70. The zero-order valence-corrected chi connectivity index (χ0v) is 15.1. The van der Waals surface area contributed by atoms with E-state index in [0.717, 1.165) is 0 Å². The highest BCUT2D eigenvalue weighted by Crippen LogP contribution is 2.30. The van der Waals surface area contributed by atoms with E-state index in [2.05, 4.69) is 5.10 Å². The largest absolute Gasteiger partial charge is 0.282 e. The first-order valence-electron chi connectivity index (χ1n) is 8.79. The van der Waals surface area contributed by atoms with Crippen LogP contribution in [-0.2, 0) is 0 Å². The second kappa shape index (κ2) is 7.47. The lowest BCUT2D eigenvalue weighted by Gasteiger charge is -2.13. The third-order valence-electron chi connectivity index (χ3n) is 4.47. The minimum Gasteiger partial charge on any atom is -0.282 e. The number of anilines is 1. The number of hydrogen-bond donors (Lipinski definition) is 1. The van der Waals surface area contributed by atoms with E-state index in [4.69, 9.17) is 5.41 Å². The Balaban J connectivity index is 1.87. The van der Waals surface area contributed by atoms with Crippen LogP contribution in [0.2, 0.25) is 0 Å². The molecule has 29 heavy (non-hydrogen) atoms. The van der Waals surface area contributed by atoms with Crippen molar-refractivity contribution < 1.29 is 9.31 Å². The molecule has 142 valence electrons. The van der Waals surface area contributed by atoms with E-state index in [-0.39, 0.29) is 17.3 Å². The van der Waals surface area contributed by atoms with Gasteiger partial charge in [0.05, 0.1) is 16.2 Å². The maximum Gasteiger partial charge on any atom is 0.276 e. The summed E-state index contributed by atoms with van der Waals surface area (Å²) in [7, 11) is 0. The summed E-state index contributed by atoms with van der Waals surface area (Å²) in [5.41, 5.74) is 2.45. The average molecular weight is 386 g/mol. The van der Waals surface area contributed by atoms with Crippen LogP contribution in [0.15, 0.2) is 89.5 Å². The Morgan fingerprint density at radius 2 is 1.62 bits per heavy atom. The fourth-order valence-corrected chi connectivity index (χ4v) is 3.08. The molecule has 0 aromatic heterocycles. The number of para-hydroxylation sites is 2. The first kappa shape index (κ1) is 18.2. The van der Waals surface area contributed by atoms with Crippen molar-refractivity contribution >= 4 is 29.0 Å². The van der Waals surface area contributed by atoms with Crippen molar-refractivity contribution in [2.75, 3.05) is 5.01 Å². The normalized spacial score (nSPS) is 14.9. The van der Waals surface area contributed by atoms with Crippen molar-refractivity contribution in [3.63, 3.8) is 0 Å². The van der Waals surface area contributed by atoms with Gasteiger partial charge in [0.1, 0.15) is 11.5 Å². The molecule has 0 saturated carbocycles. The van der Waals surface area contributed by atoms with Crippen LogP contribution < -0.4 is 5.01 Å². The third-order valence-corrected chi connectivity index (χ3v) is 4.47. The third kappa shape index (κ3) is 3.53. The van der Waals surface area contributed by atoms with Crippen LogP contribution in [0, 0.1) is 21.3 Å². The van der Waals surface area contributed by atoms with Gasteiger partial charge in [-0.25, -0.2) is 9.40 Å². The van der Waals surface area contributed by atoms with Crippen molar-refractivity contribution in [3.05, 3.63) is 111 Å². The number of rotatable bonds is 4. The van der Waals surface area contributed by atoms with Crippen LogP contribution in [0.4, 0.5) is 15.8 Å². The Labute approximate surface area is 165 Å². The number of nitrogens with zero attached hydrogens (tertiary/aromatic N) is 3. The molecule has 0 amide bonds. The summed E-state index contributed by atoms with van der Waals surface area (Å²) in [6.07, 6.45) is 1.57. The zero-order chi connectivity index (χ0) is 20.4. The molecule has 7 heteroatoms. The molecule has 0 aliphatic carbocycles. The number of nitrogens with one attached hydrogen (secondary N) is 1. The first-order chi connectivity index (χ1) is 14.0. The average Bonchev–Trinajstić information content (AvgIpc) is 3.06. The van der Waals surface area contributed by atoms with E-state index >= 15 is 0 Å². The Bertz CT molecular complexity index is 1150. The van der Waals surface area contributed by atoms with Crippen molar-refractivity contribution in [1.29, 1.82) is 5.41 Å². The van der Waals surface area contributed by atoms with E-state index in [0.29, 0.717) is 28.1 Å². The summed E-state index contributed by atoms with van der Waals surface area (Å²) in [4.78, 5) is 10.9. The molecule has 0 radical (unpaired) electrons. The number of hydrogen-bond acceptors (Lipinski definition) is 4. The van der Waals surface area contributed by atoms with Gasteiger partial charge in [0, 0.05) is 17.2 Å². The Morgan fingerprint density at radius 3 is 2.31 bits per heavy atom. The topological polar surface area (TPSA) is 82.6 Å². The first-order valence-corrected chi connectivity index (χ1v) is 8.79. The number of halogens is 1. The van der Waals surface area contributed by atoms with E-state index in [1.54, 1.807) is 36.4 Å². The standard InChI is InChI=1S/C22H15FN4O2/c23-17-12-10-15(11-13-17)21-19(14-16-6-4-5-9-20(16)27(28)29)22(24)26(25-21)18-7-2-1-3-8-18/h1-14,24H/b19-14+,24-22?. The predicted molar refractivity (Wildman–Crippen MR) is 111 cm³/mol. The second-order valence-electron chi connectivity index (χ2n) is 6.33. The van der Waals surface area contributed by atoms with Crippen LogP contribution in [0.5, 0.6) is 0 Å². The van der Waals surface area contributed by atoms with E-state index in [9.17, 15) is 14.5 Å². The molecule has 4 rings (SSSR count). The van der Waals surface area contributed by atoms with Gasteiger partial charge in [0.2, 0.25) is 0 Å². The molecule has 0 fully saturated rings. The van der Waals surface area contributed by atoms with Gasteiger partial charge in [-0.15, -0.1) is 0 Å². The van der Waals surface area contributed by atoms with Gasteiger partial charge in [-0.2, -0.15) is 5.10 Å². The molecule has 1 aliphatic rings. The molecule has 0 spiro atoms. The van der Waals surface area contributed by atoms with Crippen LogP contribution >= 0.6 is 0 Å². The smallest absolute Gasteiger partial charge is 0.276 e. The SMILES string of the molecule is N=C1/C(=C/c2ccccc2[N+](=O)[O-])C(c2ccc(F)cc2)=NN1c1ccccc1. The molecule has 0 unspecified atom stereocenters. The fraction of sp³-hybridized carbons (Fsp3) is 0. The molecule has 3 aromatic rings. The van der Waals surface area contributed by atoms with Gasteiger partial charge in [0.25, 0.3) is 5.69 Å². The van der Waals surface area contributed by atoms with Crippen molar-refractivity contribution in [2.24, 2.45) is 5.10 Å². The fourth-order valence-electron chi connectivity index (χ4n) is 3.08. The maximum absolute atomic E-state index is 13.4. The lowest BCUT2D eigenvalue weighted by atomic mass is 9.99. The van der Waals surface area contributed by atoms with Gasteiger partial charge in [-0.05, 0) is 48.5 Å². The molecule has 1 aliphatic heterocycles. The summed E-state index contributed by atoms with van der Waals surface area (Å²) in [5.74, 6) is -0.305. The predicted octanol–water partition coefficient (Wildman–Crippen LogP) is 5.02. The highest BCUT2D eigenvalue weighted by Gasteiger charge is 2.29. The Hall–Kier alpha value is -4.13. The van der Waals surface area contributed by atoms with Crippen molar-refractivity contribution in [2.45, 2.75) is 0 Å². The highest BCUT2D eigenvalue weighted by molar-refractivity contribution is 6.38. The minimum absolute atomic E-state index is 0.0654. The van der Waals surface area contributed by atoms with E-state index in [1.807, 2.05) is 30.3 Å². The Morgan fingerprint density at radius 1 is 0.966 bits per heavy atom. The van der Waals surface area contributed by atoms with Crippen molar-refractivity contribution in [1.82, 2.24) is 0 Å². The molecule has 1 heterocycles. The number of nitro benzene ring substituents is 1. The van der Waals surface area contributed by atoms with Gasteiger partial charge in [-0.1, -0.05) is 30.3 Å². The molecule has 0 bridgehead atoms. The van der Waals surface area contributed by atoms with Gasteiger partial charge >= 0.3 is 0 Å². The quantitative estimate of drug-likeness (QED) is 0.505. The lowest BCUT2D eigenvalue weighted by molar-refractivity contribution is -0.385. The number of benzene rings is 3. The molecule has 0 atom stereocenters. The minimum atomic E-state index is -0.464. The van der Waals surface area contributed by atoms with Gasteiger partial charge in [0.15, 0.2) is 5.84 Å². The summed E-state index contributed by atoms with van der Waals surface area (Å²) in [6, 6.07) is 21.2. The maximum atomic E-state index is 13.4. The van der Waals surface area contributed by atoms with Gasteiger partial charge < -0.3 is 0 Å². The molecular weight excluding hydrogens is 371 g/mol. The van der Waals surface area contributed by atoms with E-state index in [1.165, 1.54) is 23.2 Å². The van der Waals surface area contributed by atoms with Gasteiger partial charge in [-0.3, -0.25) is 15.5 Å². The summed E-state index contributed by atoms with van der Waals surface area (Å²) in [5, 5.41) is 26.1. The number of nitro groups is 1. The molecule has 3 aromatic carbocycles. The lowest BCUT2D eigenvalue weighted by Crippen LogP contribution is -2.20. The summed E-state index contributed by atoms with van der Waals surface area (Å²) in [6.45, 7) is 0. The number of hydrazone groups is 1. The molecular formula is C22H15FN4O2.